The van der Waals surface area contributed by atoms with Gasteiger partial charge in [0.1, 0.15) is 11.6 Å². The maximum Gasteiger partial charge on any atom is 0.127 e. The van der Waals surface area contributed by atoms with E-state index in [0.29, 0.717) is 13.0 Å². The highest BCUT2D eigenvalue weighted by Crippen LogP contribution is 2.44. The molecular weight excluding hydrogens is 323 g/mol. The average molecular weight is 350 g/mol. The predicted molar refractivity (Wildman–Crippen MR) is 109 cm³/mol. The largest absolute Gasteiger partial charge is 0.492 e. The standard InChI is InChI=1S/C22H21FO.C2H6/c1-14-6-5-8-17(12-20(14)23)19-13-24-21-11-10-16-7-3-4-9-18(16)22(21)15(19)2;1-2/h4-5,8-12,19H,2-3,6-7,13H2,1H3;1-2H3. The molecule has 0 aromatic heterocycles. The van der Waals surface area contributed by atoms with Crippen LogP contribution in [0.2, 0.25) is 0 Å². The molecule has 1 heterocycles. The Kier molecular flexibility index (Phi) is 5.61. The number of rotatable bonds is 1. The van der Waals surface area contributed by atoms with Gasteiger partial charge in [0.2, 0.25) is 0 Å². The van der Waals surface area contributed by atoms with Gasteiger partial charge in [0.05, 0.1) is 6.61 Å². The van der Waals surface area contributed by atoms with Crippen molar-refractivity contribution in [3.63, 3.8) is 0 Å². The van der Waals surface area contributed by atoms with Crippen LogP contribution in [-0.2, 0) is 6.42 Å². The van der Waals surface area contributed by atoms with E-state index in [-0.39, 0.29) is 11.7 Å². The van der Waals surface area contributed by atoms with Gasteiger partial charge in [-0.05, 0) is 66.2 Å². The first-order valence-corrected chi connectivity index (χ1v) is 9.53. The third-order valence-electron chi connectivity index (χ3n) is 5.15. The Morgan fingerprint density at radius 1 is 1.15 bits per heavy atom. The number of fused-ring (bicyclic) bond motifs is 3. The number of ether oxygens (including phenoxy) is 1. The minimum Gasteiger partial charge on any atom is -0.492 e. The summed E-state index contributed by atoms with van der Waals surface area (Å²) in [4.78, 5) is 0. The highest BCUT2D eigenvalue weighted by atomic mass is 19.1. The maximum atomic E-state index is 14.2. The highest BCUT2D eigenvalue weighted by Gasteiger charge is 2.29. The molecule has 1 aliphatic heterocycles. The van der Waals surface area contributed by atoms with E-state index >= 15 is 0 Å². The summed E-state index contributed by atoms with van der Waals surface area (Å²) >= 11 is 0. The van der Waals surface area contributed by atoms with E-state index in [9.17, 15) is 4.39 Å². The maximum absolute atomic E-state index is 14.2. The molecule has 1 aromatic carbocycles. The molecular formula is C24H27FO. The van der Waals surface area contributed by atoms with Crippen LogP contribution >= 0.6 is 0 Å². The van der Waals surface area contributed by atoms with Gasteiger partial charge in [-0.3, -0.25) is 0 Å². The summed E-state index contributed by atoms with van der Waals surface area (Å²) < 4.78 is 20.2. The number of hydrogen-bond donors (Lipinski definition) is 0. The summed E-state index contributed by atoms with van der Waals surface area (Å²) in [6.07, 6.45) is 12.9. The molecule has 0 fully saturated rings. The lowest BCUT2D eigenvalue weighted by Gasteiger charge is -2.31. The van der Waals surface area contributed by atoms with Crippen molar-refractivity contribution in [2.45, 2.75) is 40.0 Å². The number of hydrogen-bond acceptors (Lipinski definition) is 1. The van der Waals surface area contributed by atoms with Crippen LogP contribution in [0, 0.1) is 5.92 Å². The monoisotopic (exact) mass is 350 g/mol. The van der Waals surface area contributed by atoms with Crippen LogP contribution in [0.15, 0.2) is 60.0 Å². The third kappa shape index (κ3) is 3.33. The van der Waals surface area contributed by atoms with Crippen molar-refractivity contribution in [3.05, 3.63) is 76.7 Å². The fourth-order valence-corrected chi connectivity index (χ4v) is 3.69. The molecule has 1 unspecified atom stereocenters. The summed E-state index contributed by atoms with van der Waals surface area (Å²) in [5.41, 5.74) is 6.40. The lowest BCUT2D eigenvalue weighted by atomic mass is 9.80. The molecule has 136 valence electrons. The summed E-state index contributed by atoms with van der Waals surface area (Å²) in [6, 6.07) is 4.21. The molecule has 3 aliphatic rings. The first-order chi connectivity index (χ1) is 12.6. The Morgan fingerprint density at radius 2 is 1.96 bits per heavy atom. The fourth-order valence-electron chi connectivity index (χ4n) is 3.69. The van der Waals surface area contributed by atoms with Gasteiger partial charge in [0.25, 0.3) is 0 Å². The van der Waals surface area contributed by atoms with Crippen molar-refractivity contribution in [3.8, 4) is 5.75 Å². The smallest absolute Gasteiger partial charge is 0.127 e. The van der Waals surface area contributed by atoms with E-state index < -0.39 is 0 Å². The Hall–Kier alpha value is -2.35. The topological polar surface area (TPSA) is 9.23 Å². The SMILES string of the molecule is C=C1c2c(ccc3c2C=CCC3)OCC1C1=CC(F)=C(C)CC=C1.CC. The van der Waals surface area contributed by atoms with Crippen LogP contribution in [0.4, 0.5) is 4.39 Å². The Bertz CT molecular complexity index is 836. The van der Waals surface area contributed by atoms with Gasteiger partial charge in [0, 0.05) is 11.5 Å². The van der Waals surface area contributed by atoms with E-state index in [1.54, 1.807) is 6.08 Å². The minimum atomic E-state index is -0.136. The van der Waals surface area contributed by atoms with E-state index in [0.717, 1.165) is 40.9 Å². The molecule has 2 aliphatic carbocycles. The first kappa shape index (κ1) is 18.4. The van der Waals surface area contributed by atoms with E-state index in [2.05, 4.69) is 30.9 Å². The zero-order chi connectivity index (χ0) is 18.7. The summed E-state index contributed by atoms with van der Waals surface area (Å²) in [5.74, 6) is 0.753. The molecule has 1 nitrogen and oxygen atoms in total. The molecule has 2 heteroatoms. The van der Waals surface area contributed by atoms with Gasteiger partial charge < -0.3 is 4.74 Å². The van der Waals surface area contributed by atoms with Crippen molar-refractivity contribution in [2.75, 3.05) is 6.61 Å². The average Bonchev–Trinajstić information content (AvgIpc) is 2.84. The molecule has 1 aromatic rings. The number of benzene rings is 1. The Balaban J connectivity index is 0.000000948. The van der Waals surface area contributed by atoms with Gasteiger partial charge in [-0.2, -0.15) is 0 Å². The molecule has 0 saturated carbocycles. The fraction of sp³-hybridized carbons (Fsp3) is 0.333. The Morgan fingerprint density at radius 3 is 2.77 bits per heavy atom. The second-order valence-electron chi connectivity index (χ2n) is 6.72. The summed E-state index contributed by atoms with van der Waals surface area (Å²) in [5, 5.41) is 0. The second kappa shape index (κ2) is 7.90. The van der Waals surface area contributed by atoms with Crippen LogP contribution in [-0.4, -0.2) is 6.61 Å². The molecule has 0 radical (unpaired) electrons. The van der Waals surface area contributed by atoms with Crippen molar-refractivity contribution in [1.82, 2.24) is 0 Å². The van der Waals surface area contributed by atoms with Crippen molar-refractivity contribution in [2.24, 2.45) is 5.92 Å². The predicted octanol–water partition coefficient (Wildman–Crippen LogP) is 6.82. The zero-order valence-corrected chi connectivity index (χ0v) is 15.9. The van der Waals surface area contributed by atoms with Crippen LogP contribution in [0.25, 0.3) is 11.6 Å². The number of allylic oxidation sites excluding steroid dienone is 6. The molecule has 0 bridgehead atoms. The molecule has 26 heavy (non-hydrogen) atoms. The van der Waals surface area contributed by atoms with Gasteiger partial charge in [-0.1, -0.05) is 50.8 Å². The van der Waals surface area contributed by atoms with Crippen LogP contribution < -0.4 is 4.74 Å². The Labute approximate surface area is 156 Å². The van der Waals surface area contributed by atoms with Gasteiger partial charge in [-0.15, -0.1) is 0 Å². The van der Waals surface area contributed by atoms with Crippen LogP contribution in [0.3, 0.4) is 0 Å². The number of halogens is 1. The molecule has 0 saturated heterocycles. The second-order valence-corrected chi connectivity index (χ2v) is 6.72. The van der Waals surface area contributed by atoms with Crippen LogP contribution in [0.5, 0.6) is 5.75 Å². The van der Waals surface area contributed by atoms with E-state index in [1.165, 1.54) is 11.1 Å². The molecule has 0 amide bonds. The van der Waals surface area contributed by atoms with Gasteiger partial charge >= 0.3 is 0 Å². The summed E-state index contributed by atoms with van der Waals surface area (Å²) in [6.45, 7) is 10.7. The lowest BCUT2D eigenvalue weighted by Crippen LogP contribution is -2.22. The highest BCUT2D eigenvalue weighted by molar-refractivity contribution is 5.83. The molecule has 0 N–H and O–H groups in total. The summed E-state index contributed by atoms with van der Waals surface area (Å²) in [7, 11) is 0. The van der Waals surface area contributed by atoms with E-state index in [4.69, 9.17) is 4.74 Å². The molecule has 1 atom stereocenters. The van der Waals surface area contributed by atoms with Crippen molar-refractivity contribution in [1.29, 1.82) is 0 Å². The van der Waals surface area contributed by atoms with Crippen molar-refractivity contribution < 1.29 is 9.13 Å². The zero-order valence-electron chi connectivity index (χ0n) is 15.9. The lowest BCUT2D eigenvalue weighted by molar-refractivity contribution is 0.284. The molecule has 0 spiro atoms. The normalized spacial score (nSPS) is 21.0. The minimum absolute atomic E-state index is 0.00720. The first-order valence-electron chi connectivity index (χ1n) is 9.53. The van der Waals surface area contributed by atoms with Crippen molar-refractivity contribution >= 4 is 11.6 Å². The quantitative estimate of drug-likeness (QED) is 0.540. The number of aryl methyl sites for hydroxylation is 1. The van der Waals surface area contributed by atoms with Gasteiger partial charge in [-0.25, -0.2) is 4.39 Å². The molecule has 4 rings (SSSR count). The third-order valence-corrected chi connectivity index (χ3v) is 5.15. The van der Waals surface area contributed by atoms with Gasteiger partial charge in [0.15, 0.2) is 0 Å². The van der Waals surface area contributed by atoms with E-state index in [1.807, 2.05) is 32.9 Å². The van der Waals surface area contributed by atoms with Crippen LogP contribution in [0.1, 0.15) is 50.3 Å².